The lowest BCUT2D eigenvalue weighted by Gasteiger charge is -2.33. The Kier molecular flexibility index (Phi) is 4.85. The third-order valence-electron chi connectivity index (χ3n) is 3.35. The fraction of sp³-hybridized carbons (Fsp3) is 0.583. The zero-order valence-electron chi connectivity index (χ0n) is 11.5. The van der Waals surface area contributed by atoms with E-state index >= 15 is 0 Å². The topological polar surface area (TPSA) is 66.7 Å². The maximum absolute atomic E-state index is 12.6. The summed E-state index contributed by atoms with van der Waals surface area (Å²) < 4.78 is 31.6. The number of hydrogen-bond donors (Lipinski definition) is 0. The predicted molar refractivity (Wildman–Crippen MR) is 76.2 cm³/mol. The number of sulfonamides is 1. The monoisotopic (exact) mass is 319 g/mol. The Bertz CT molecular complexity index is 570. The fourth-order valence-corrected chi connectivity index (χ4v) is 4.11. The van der Waals surface area contributed by atoms with Gasteiger partial charge in [0.1, 0.15) is 10.6 Å². The van der Waals surface area contributed by atoms with Crippen molar-refractivity contribution in [1.29, 1.82) is 0 Å². The molecule has 20 heavy (non-hydrogen) atoms. The van der Waals surface area contributed by atoms with Crippen LogP contribution >= 0.6 is 11.6 Å². The molecule has 1 saturated heterocycles. The van der Waals surface area contributed by atoms with Gasteiger partial charge in [0.05, 0.1) is 0 Å². The van der Waals surface area contributed by atoms with Crippen molar-refractivity contribution in [3.63, 3.8) is 0 Å². The summed E-state index contributed by atoms with van der Waals surface area (Å²) in [5.41, 5.74) is 1.89. The average molecular weight is 320 g/mol. The van der Waals surface area contributed by atoms with Gasteiger partial charge in [-0.3, -0.25) is 4.90 Å². The SMILES string of the molecule is Cc1noc(C)c1S(=O)(=O)N1CCN(C/C=C/Cl)CC1. The molecule has 0 amide bonds. The molecule has 0 N–H and O–H groups in total. The van der Waals surface area contributed by atoms with Crippen LogP contribution in [0.2, 0.25) is 0 Å². The third-order valence-corrected chi connectivity index (χ3v) is 5.67. The first-order valence-corrected chi connectivity index (χ1v) is 8.25. The van der Waals surface area contributed by atoms with Gasteiger partial charge in [0, 0.05) is 38.3 Å². The summed E-state index contributed by atoms with van der Waals surface area (Å²) in [7, 11) is -3.52. The smallest absolute Gasteiger partial charge is 0.248 e. The van der Waals surface area contributed by atoms with E-state index in [0.29, 0.717) is 37.6 Å². The molecule has 0 saturated carbocycles. The molecule has 0 aliphatic carbocycles. The first-order valence-electron chi connectivity index (χ1n) is 6.37. The first-order chi connectivity index (χ1) is 9.46. The van der Waals surface area contributed by atoms with Crippen LogP contribution in [0.5, 0.6) is 0 Å². The zero-order chi connectivity index (χ0) is 14.8. The van der Waals surface area contributed by atoms with Gasteiger partial charge in [-0.2, -0.15) is 4.31 Å². The van der Waals surface area contributed by atoms with Crippen LogP contribution in [0.25, 0.3) is 0 Å². The largest absolute Gasteiger partial charge is 0.360 e. The second kappa shape index (κ2) is 6.26. The van der Waals surface area contributed by atoms with Crippen molar-refractivity contribution in [2.24, 2.45) is 0 Å². The highest BCUT2D eigenvalue weighted by molar-refractivity contribution is 7.89. The van der Waals surface area contributed by atoms with E-state index in [2.05, 4.69) is 10.1 Å². The molecule has 1 aromatic rings. The normalized spacial score (nSPS) is 18.9. The molecule has 1 aromatic heterocycles. The van der Waals surface area contributed by atoms with E-state index in [1.165, 1.54) is 9.84 Å². The Morgan fingerprint density at radius 1 is 1.30 bits per heavy atom. The van der Waals surface area contributed by atoms with E-state index in [-0.39, 0.29) is 4.90 Å². The number of aromatic nitrogens is 1. The summed E-state index contributed by atoms with van der Waals surface area (Å²) in [6.07, 6.45) is 1.85. The van der Waals surface area contributed by atoms with Crippen LogP contribution in [0.1, 0.15) is 11.5 Å². The van der Waals surface area contributed by atoms with Crippen molar-refractivity contribution >= 4 is 21.6 Å². The maximum Gasteiger partial charge on any atom is 0.248 e. The van der Waals surface area contributed by atoms with Gasteiger partial charge in [0.15, 0.2) is 5.76 Å². The molecule has 0 atom stereocenters. The molecule has 1 fully saturated rings. The third kappa shape index (κ3) is 3.06. The Hall–Kier alpha value is -0.890. The molecule has 6 nitrogen and oxygen atoms in total. The molecule has 0 unspecified atom stereocenters. The number of hydrogen-bond acceptors (Lipinski definition) is 5. The van der Waals surface area contributed by atoms with E-state index in [1.807, 2.05) is 6.08 Å². The quantitative estimate of drug-likeness (QED) is 0.838. The van der Waals surface area contributed by atoms with Crippen molar-refractivity contribution in [2.45, 2.75) is 18.7 Å². The maximum atomic E-state index is 12.6. The highest BCUT2D eigenvalue weighted by atomic mass is 35.5. The van der Waals surface area contributed by atoms with Crippen molar-refractivity contribution in [2.75, 3.05) is 32.7 Å². The van der Waals surface area contributed by atoms with E-state index in [9.17, 15) is 8.42 Å². The van der Waals surface area contributed by atoms with Gasteiger partial charge in [0.2, 0.25) is 10.0 Å². The lowest BCUT2D eigenvalue weighted by atomic mass is 10.3. The highest BCUT2D eigenvalue weighted by Gasteiger charge is 2.32. The van der Waals surface area contributed by atoms with Crippen molar-refractivity contribution in [1.82, 2.24) is 14.4 Å². The minimum atomic E-state index is -3.52. The van der Waals surface area contributed by atoms with Crippen LogP contribution in [0.15, 0.2) is 21.0 Å². The molecule has 2 rings (SSSR count). The molecular formula is C12H18ClN3O3S. The van der Waals surface area contributed by atoms with Crippen molar-refractivity contribution < 1.29 is 12.9 Å². The Balaban J connectivity index is 2.10. The van der Waals surface area contributed by atoms with Gasteiger partial charge in [0.25, 0.3) is 0 Å². The molecule has 0 aromatic carbocycles. The summed E-state index contributed by atoms with van der Waals surface area (Å²) in [5.74, 6) is 0.343. The Labute approximate surface area is 124 Å². The first kappa shape index (κ1) is 15.5. The number of rotatable bonds is 4. The van der Waals surface area contributed by atoms with Gasteiger partial charge < -0.3 is 4.52 Å². The van der Waals surface area contributed by atoms with Gasteiger partial charge in [-0.1, -0.05) is 22.8 Å². The molecule has 112 valence electrons. The lowest BCUT2D eigenvalue weighted by molar-refractivity contribution is 0.204. The van der Waals surface area contributed by atoms with Crippen LogP contribution in [0, 0.1) is 13.8 Å². The van der Waals surface area contributed by atoms with Gasteiger partial charge >= 0.3 is 0 Å². The number of aryl methyl sites for hydroxylation is 2. The van der Waals surface area contributed by atoms with E-state index in [0.717, 1.165) is 6.54 Å². The fourth-order valence-electron chi connectivity index (χ4n) is 2.31. The summed E-state index contributed by atoms with van der Waals surface area (Å²) in [5, 5.41) is 3.72. The molecule has 0 bridgehead atoms. The molecular weight excluding hydrogens is 302 g/mol. The predicted octanol–water partition coefficient (Wildman–Crippen LogP) is 1.35. The minimum absolute atomic E-state index is 0.201. The molecule has 1 aliphatic rings. The van der Waals surface area contributed by atoms with E-state index < -0.39 is 10.0 Å². The minimum Gasteiger partial charge on any atom is -0.360 e. The molecule has 2 heterocycles. The summed E-state index contributed by atoms with van der Waals surface area (Å²) in [6, 6.07) is 0. The standard InChI is InChI=1S/C12H18ClN3O3S/c1-10-12(11(2)19-14-10)20(17,18)16-8-6-15(7-9-16)5-3-4-13/h3-4H,5-9H2,1-2H3/b4-3+. The highest BCUT2D eigenvalue weighted by Crippen LogP contribution is 2.24. The van der Waals surface area contributed by atoms with Crippen molar-refractivity contribution in [3.05, 3.63) is 23.1 Å². The Morgan fingerprint density at radius 2 is 1.95 bits per heavy atom. The molecule has 8 heteroatoms. The van der Waals surface area contributed by atoms with Crippen LogP contribution in [-0.4, -0.2) is 55.5 Å². The van der Waals surface area contributed by atoms with Gasteiger partial charge in [-0.05, 0) is 13.8 Å². The van der Waals surface area contributed by atoms with Crippen molar-refractivity contribution in [3.8, 4) is 0 Å². The summed E-state index contributed by atoms with van der Waals surface area (Å²) >= 11 is 5.49. The Morgan fingerprint density at radius 3 is 2.45 bits per heavy atom. The molecule has 0 radical (unpaired) electrons. The van der Waals surface area contributed by atoms with Gasteiger partial charge in [-0.25, -0.2) is 8.42 Å². The zero-order valence-corrected chi connectivity index (χ0v) is 13.1. The molecule has 0 spiro atoms. The summed E-state index contributed by atoms with van der Waals surface area (Å²) in [6.45, 7) is 6.29. The lowest BCUT2D eigenvalue weighted by Crippen LogP contribution is -2.48. The number of halogens is 1. The number of nitrogens with zero attached hydrogens (tertiary/aromatic N) is 3. The van der Waals surface area contributed by atoms with Crippen LogP contribution in [0.4, 0.5) is 0 Å². The van der Waals surface area contributed by atoms with Crippen LogP contribution in [0.3, 0.4) is 0 Å². The number of piperazine rings is 1. The summed E-state index contributed by atoms with van der Waals surface area (Å²) in [4.78, 5) is 2.35. The van der Waals surface area contributed by atoms with Crippen LogP contribution < -0.4 is 0 Å². The van der Waals surface area contributed by atoms with Gasteiger partial charge in [-0.15, -0.1) is 0 Å². The second-order valence-corrected chi connectivity index (χ2v) is 6.85. The van der Waals surface area contributed by atoms with Crippen LogP contribution in [-0.2, 0) is 10.0 Å². The molecule has 1 aliphatic heterocycles. The second-order valence-electron chi connectivity index (χ2n) is 4.72. The average Bonchev–Trinajstić information content (AvgIpc) is 2.77. The van der Waals surface area contributed by atoms with E-state index in [1.54, 1.807) is 13.8 Å². The van der Waals surface area contributed by atoms with E-state index in [4.69, 9.17) is 16.1 Å².